The molecule has 0 atom stereocenters. The number of rotatable bonds is 9. The summed E-state index contributed by atoms with van der Waals surface area (Å²) < 4.78 is 5.48. The first-order valence-electron chi connectivity index (χ1n) is 5.64. The maximum Gasteiger partial charge on any atom is 1.00 e. The molecule has 0 spiro atoms. The third-order valence-electron chi connectivity index (χ3n) is 1.95. The Kier molecular flexibility index (Phi) is 18.8. The smallest absolute Gasteiger partial charge is 1.00 e. The van der Waals surface area contributed by atoms with E-state index in [0.717, 1.165) is 19.6 Å². The van der Waals surface area contributed by atoms with Crippen LogP contribution < -0.4 is 18.9 Å². The number of ether oxygens (including phenoxy) is 1. The van der Waals surface area contributed by atoms with Gasteiger partial charge >= 0.3 is 18.9 Å². The minimum absolute atomic E-state index is 0. The summed E-state index contributed by atoms with van der Waals surface area (Å²) >= 11 is 0. The number of allylic oxidation sites excluding steroid dienone is 2. The van der Waals surface area contributed by atoms with E-state index in [1.165, 1.54) is 32.1 Å². The molecule has 0 aromatic rings. The molecule has 0 radical (unpaired) electrons. The number of hydrogen-bond donors (Lipinski definition) is 0. The average Bonchev–Trinajstić information content (AvgIpc) is 2.16. The van der Waals surface area contributed by atoms with E-state index in [-0.39, 0.29) is 20.3 Å². The molecular formula is C12H25LiO. The second kappa shape index (κ2) is 15.8. The molecule has 0 bridgehead atoms. The van der Waals surface area contributed by atoms with Gasteiger partial charge < -0.3 is 6.16 Å². The van der Waals surface area contributed by atoms with Crippen LogP contribution in [0, 0.1) is 0 Å². The van der Waals surface area contributed by atoms with Crippen LogP contribution in [-0.2, 0) is 4.74 Å². The summed E-state index contributed by atoms with van der Waals surface area (Å²) in [6.07, 6.45) is 11.8. The molecular weight excluding hydrogens is 167 g/mol. The van der Waals surface area contributed by atoms with Gasteiger partial charge in [-0.25, -0.2) is 0 Å². The molecule has 0 aliphatic rings. The van der Waals surface area contributed by atoms with Gasteiger partial charge in [0, 0.05) is 13.2 Å². The molecule has 0 saturated carbocycles. The van der Waals surface area contributed by atoms with Crippen molar-refractivity contribution in [2.75, 3.05) is 13.2 Å². The minimum atomic E-state index is 0. The van der Waals surface area contributed by atoms with Gasteiger partial charge in [-0.3, -0.25) is 0 Å². The predicted octanol–water partition coefficient (Wildman–Crippen LogP) is 1.06. The van der Waals surface area contributed by atoms with Crippen LogP contribution in [0.15, 0.2) is 12.2 Å². The van der Waals surface area contributed by atoms with Gasteiger partial charge in [-0.15, -0.1) is 0 Å². The molecule has 0 aliphatic heterocycles. The normalized spacial score (nSPS) is 10.4. The summed E-state index contributed by atoms with van der Waals surface area (Å²) in [4.78, 5) is 0. The van der Waals surface area contributed by atoms with E-state index in [9.17, 15) is 0 Å². The van der Waals surface area contributed by atoms with Crippen LogP contribution in [-0.4, -0.2) is 13.2 Å². The van der Waals surface area contributed by atoms with Crippen molar-refractivity contribution < 1.29 is 25.0 Å². The van der Waals surface area contributed by atoms with Crippen molar-refractivity contribution in [3.63, 3.8) is 0 Å². The summed E-state index contributed by atoms with van der Waals surface area (Å²) in [5, 5.41) is 0. The molecule has 0 saturated heterocycles. The summed E-state index contributed by atoms with van der Waals surface area (Å²) in [6.45, 7) is 6.26. The average molecular weight is 192 g/mol. The fourth-order valence-corrected chi connectivity index (χ4v) is 1.14. The van der Waals surface area contributed by atoms with E-state index >= 15 is 0 Å². The van der Waals surface area contributed by atoms with E-state index < -0.39 is 0 Å². The van der Waals surface area contributed by atoms with Crippen LogP contribution in [0.2, 0.25) is 0 Å². The van der Waals surface area contributed by atoms with Gasteiger partial charge in [-0.05, 0) is 25.7 Å². The van der Waals surface area contributed by atoms with Crippen LogP contribution >= 0.6 is 0 Å². The first kappa shape index (κ1) is 16.7. The predicted molar refractivity (Wildman–Crippen MR) is 60.1 cm³/mol. The van der Waals surface area contributed by atoms with E-state index in [1.54, 1.807) is 0 Å². The van der Waals surface area contributed by atoms with Gasteiger partial charge in [-0.2, -0.15) is 0 Å². The molecule has 14 heavy (non-hydrogen) atoms. The van der Waals surface area contributed by atoms with Crippen molar-refractivity contribution in [2.45, 2.75) is 52.4 Å². The van der Waals surface area contributed by atoms with Crippen molar-refractivity contribution in [3.8, 4) is 0 Å². The first-order valence-corrected chi connectivity index (χ1v) is 5.64. The topological polar surface area (TPSA) is 9.23 Å². The molecule has 0 aliphatic carbocycles. The molecule has 2 heteroatoms. The quantitative estimate of drug-likeness (QED) is 0.301. The first-order chi connectivity index (χ1) is 6.41. The SMILES string of the molecule is CC/C=C\CCCOCCCCC.[H-].[Li+]. The molecule has 0 fully saturated rings. The minimum Gasteiger partial charge on any atom is -1.00 e. The Hall–Kier alpha value is 0.297. The van der Waals surface area contributed by atoms with Gasteiger partial charge in [0.05, 0.1) is 0 Å². The Bertz CT molecular complexity index is 118. The fourth-order valence-electron chi connectivity index (χ4n) is 1.14. The largest absolute Gasteiger partial charge is 1.00 e. The van der Waals surface area contributed by atoms with Crippen molar-refractivity contribution in [1.29, 1.82) is 0 Å². The molecule has 0 rings (SSSR count). The third kappa shape index (κ3) is 14.8. The van der Waals surface area contributed by atoms with Gasteiger partial charge in [-0.1, -0.05) is 38.8 Å². The summed E-state index contributed by atoms with van der Waals surface area (Å²) in [5.74, 6) is 0. The second-order valence-corrected chi connectivity index (χ2v) is 3.34. The zero-order chi connectivity index (χ0) is 9.78. The standard InChI is InChI=1S/C12H24O.Li.H/c1-3-5-7-8-10-12-13-11-9-6-4-2;;/h5,7H,3-4,6,8-12H2,1-2H3;;/q;+1;-1/b7-5-;;. The molecule has 0 N–H and O–H groups in total. The Labute approximate surface area is 103 Å². The molecule has 0 heterocycles. The van der Waals surface area contributed by atoms with Crippen molar-refractivity contribution in [2.24, 2.45) is 0 Å². The van der Waals surface area contributed by atoms with Gasteiger partial charge in [0.15, 0.2) is 0 Å². The second-order valence-electron chi connectivity index (χ2n) is 3.34. The van der Waals surface area contributed by atoms with Crippen LogP contribution in [0.5, 0.6) is 0 Å². The zero-order valence-electron chi connectivity index (χ0n) is 11.2. The maximum absolute atomic E-state index is 5.48. The summed E-state index contributed by atoms with van der Waals surface area (Å²) in [5.41, 5.74) is 0. The van der Waals surface area contributed by atoms with Crippen LogP contribution in [0.3, 0.4) is 0 Å². The fraction of sp³-hybridized carbons (Fsp3) is 0.833. The van der Waals surface area contributed by atoms with Crippen LogP contribution in [0.1, 0.15) is 53.8 Å². The molecule has 0 aromatic carbocycles. The van der Waals surface area contributed by atoms with Crippen molar-refractivity contribution >= 4 is 0 Å². The maximum atomic E-state index is 5.48. The number of unbranched alkanes of at least 4 members (excludes halogenated alkanes) is 3. The third-order valence-corrected chi connectivity index (χ3v) is 1.95. The van der Waals surface area contributed by atoms with Gasteiger partial charge in [0.25, 0.3) is 0 Å². The van der Waals surface area contributed by atoms with E-state index in [0.29, 0.717) is 0 Å². The summed E-state index contributed by atoms with van der Waals surface area (Å²) in [7, 11) is 0. The Morgan fingerprint density at radius 2 is 1.71 bits per heavy atom. The molecule has 1 nitrogen and oxygen atoms in total. The zero-order valence-corrected chi connectivity index (χ0v) is 10.2. The molecule has 80 valence electrons. The monoisotopic (exact) mass is 192 g/mol. The van der Waals surface area contributed by atoms with Crippen molar-refractivity contribution in [1.82, 2.24) is 0 Å². The van der Waals surface area contributed by atoms with Gasteiger partial charge in [0.1, 0.15) is 0 Å². The van der Waals surface area contributed by atoms with Gasteiger partial charge in [0.2, 0.25) is 0 Å². The van der Waals surface area contributed by atoms with E-state index in [1.807, 2.05) is 0 Å². The van der Waals surface area contributed by atoms with Crippen LogP contribution in [0.4, 0.5) is 0 Å². The van der Waals surface area contributed by atoms with Crippen molar-refractivity contribution in [3.05, 3.63) is 12.2 Å². The molecule has 0 amide bonds. The van der Waals surface area contributed by atoms with E-state index in [2.05, 4.69) is 26.0 Å². The Morgan fingerprint density at radius 1 is 1.00 bits per heavy atom. The van der Waals surface area contributed by atoms with Crippen LogP contribution in [0.25, 0.3) is 0 Å². The Morgan fingerprint density at radius 3 is 2.36 bits per heavy atom. The molecule has 0 aromatic heterocycles. The number of hydrogen-bond acceptors (Lipinski definition) is 1. The summed E-state index contributed by atoms with van der Waals surface area (Å²) in [6, 6.07) is 0. The Balaban J connectivity index is -0.000000720. The van der Waals surface area contributed by atoms with E-state index in [4.69, 9.17) is 4.74 Å². The molecule has 0 unspecified atom stereocenters.